The van der Waals surface area contributed by atoms with Crippen molar-refractivity contribution >= 4 is 41.3 Å². The zero-order valence-electron chi connectivity index (χ0n) is 14.8. The maximum Gasteiger partial charge on any atom is 0.191 e. The number of nitrogens with one attached hydrogen (secondary N) is 2. The van der Waals surface area contributed by atoms with E-state index < -0.39 is 0 Å². The summed E-state index contributed by atoms with van der Waals surface area (Å²) in [5.41, 5.74) is 0. The zero-order valence-corrected chi connectivity index (χ0v) is 17.9. The Labute approximate surface area is 162 Å². The van der Waals surface area contributed by atoms with E-state index in [1.165, 1.54) is 30.6 Å². The molecule has 132 valence electrons. The van der Waals surface area contributed by atoms with Gasteiger partial charge in [-0.25, -0.2) is 9.98 Å². The molecule has 1 aromatic heterocycles. The van der Waals surface area contributed by atoms with Crippen LogP contribution in [0.25, 0.3) is 0 Å². The summed E-state index contributed by atoms with van der Waals surface area (Å²) < 4.78 is 0. The van der Waals surface area contributed by atoms with Gasteiger partial charge in [0.15, 0.2) is 5.96 Å². The molecule has 0 aliphatic heterocycles. The van der Waals surface area contributed by atoms with Gasteiger partial charge in [-0.1, -0.05) is 13.8 Å². The van der Waals surface area contributed by atoms with E-state index in [0.717, 1.165) is 29.3 Å². The van der Waals surface area contributed by atoms with Gasteiger partial charge in [0.05, 0.1) is 6.54 Å². The molecular formula is C17H31IN4S. The average Bonchev–Trinajstić information content (AvgIpc) is 2.91. The third-order valence-corrected chi connectivity index (χ3v) is 5.34. The van der Waals surface area contributed by atoms with Crippen LogP contribution in [0.3, 0.4) is 0 Å². The largest absolute Gasteiger partial charge is 0.357 e. The van der Waals surface area contributed by atoms with Gasteiger partial charge < -0.3 is 10.6 Å². The molecule has 6 heteroatoms. The van der Waals surface area contributed by atoms with E-state index in [4.69, 9.17) is 0 Å². The molecule has 2 N–H and O–H groups in total. The average molecular weight is 450 g/mol. The molecule has 0 bridgehead atoms. The summed E-state index contributed by atoms with van der Waals surface area (Å²) in [6, 6.07) is 0.561. The number of hydrogen-bond acceptors (Lipinski definition) is 3. The summed E-state index contributed by atoms with van der Waals surface area (Å²) in [4.78, 5) is 10.3. The molecule has 1 aliphatic carbocycles. The lowest BCUT2D eigenvalue weighted by atomic mass is 9.80. The van der Waals surface area contributed by atoms with Crippen LogP contribution < -0.4 is 10.6 Å². The first-order chi connectivity index (χ1) is 10.6. The standard InChI is InChI=1S/C17H30N4S.HI/c1-5-18-17(20-11-16-19-10-13(4)22-16)21-15-8-6-14(7-9-15)12(2)3;/h10,12,14-15H,5-9,11H2,1-4H3,(H2,18,20,21);1H. The van der Waals surface area contributed by atoms with Gasteiger partial charge in [-0.05, 0) is 51.4 Å². The van der Waals surface area contributed by atoms with Gasteiger partial charge >= 0.3 is 0 Å². The molecule has 0 aromatic carbocycles. The minimum atomic E-state index is 0. The fourth-order valence-corrected chi connectivity index (χ4v) is 3.78. The van der Waals surface area contributed by atoms with Crippen molar-refractivity contribution in [2.45, 2.75) is 66.0 Å². The Morgan fingerprint density at radius 2 is 2.04 bits per heavy atom. The Bertz CT molecular complexity index is 479. The van der Waals surface area contributed by atoms with Crippen LogP contribution in [0.5, 0.6) is 0 Å². The smallest absolute Gasteiger partial charge is 0.191 e. The van der Waals surface area contributed by atoms with Crippen LogP contribution in [0.2, 0.25) is 0 Å². The Balaban J connectivity index is 0.00000264. The lowest BCUT2D eigenvalue weighted by Gasteiger charge is -2.32. The van der Waals surface area contributed by atoms with Crippen LogP contribution in [0.15, 0.2) is 11.2 Å². The summed E-state index contributed by atoms with van der Waals surface area (Å²) >= 11 is 1.72. The summed E-state index contributed by atoms with van der Waals surface area (Å²) in [5.74, 6) is 2.65. The highest BCUT2D eigenvalue weighted by atomic mass is 127. The molecule has 0 atom stereocenters. The SMILES string of the molecule is CCNC(=NCc1ncc(C)s1)NC1CCC(C(C)C)CC1.I. The number of rotatable bonds is 5. The van der Waals surface area contributed by atoms with Crippen molar-refractivity contribution in [1.82, 2.24) is 15.6 Å². The molecule has 1 saturated carbocycles. The third kappa shape index (κ3) is 6.95. The fraction of sp³-hybridized carbons (Fsp3) is 0.765. The molecule has 0 amide bonds. The molecule has 4 nitrogen and oxygen atoms in total. The number of nitrogens with zero attached hydrogens (tertiary/aromatic N) is 2. The minimum Gasteiger partial charge on any atom is -0.357 e. The lowest BCUT2D eigenvalue weighted by molar-refractivity contribution is 0.250. The number of hydrogen-bond donors (Lipinski definition) is 2. The number of aromatic nitrogens is 1. The topological polar surface area (TPSA) is 49.3 Å². The van der Waals surface area contributed by atoms with Crippen molar-refractivity contribution in [2.24, 2.45) is 16.8 Å². The monoisotopic (exact) mass is 450 g/mol. The predicted molar refractivity (Wildman–Crippen MR) is 111 cm³/mol. The highest BCUT2D eigenvalue weighted by Crippen LogP contribution is 2.29. The second-order valence-electron chi connectivity index (χ2n) is 6.56. The maximum absolute atomic E-state index is 4.69. The summed E-state index contributed by atoms with van der Waals surface area (Å²) in [6.45, 7) is 10.4. The van der Waals surface area contributed by atoms with Crippen LogP contribution in [0.1, 0.15) is 56.3 Å². The second-order valence-corrected chi connectivity index (χ2v) is 7.88. The van der Waals surface area contributed by atoms with E-state index in [1.54, 1.807) is 11.3 Å². The highest BCUT2D eigenvalue weighted by Gasteiger charge is 2.23. The normalized spacial score (nSPS) is 21.9. The number of guanidine groups is 1. The maximum atomic E-state index is 4.69. The number of aliphatic imine (C=N–C) groups is 1. The van der Waals surface area contributed by atoms with Crippen molar-refractivity contribution in [2.75, 3.05) is 6.54 Å². The molecule has 0 unspecified atom stereocenters. The van der Waals surface area contributed by atoms with Gasteiger partial charge in [0.1, 0.15) is 5.01 Å². The van der Waals surface area contributed by atoms with E-state index in [9.17, 15) is 0 Å². The van der Waals surface area contributed by atoms with E-state index in [0.29, 0.717) is 12.6 Å². The van der Waals surface area contributed by atoms with E-state index in [1.807, 2.05) is 6.20 Å². The third-order valence-electron chi connectivity index (χ3n) is 4.44. The molecule has 1 heterocycles. The summed E-state index contributed by atoms with van der Waals surface area (Å²) in [7, 11) is 0. The molecule has 1 aliphatic rings. The Kier molecular flexibility index (Phi) is 9.43. The van der Waals surface area contributed by atoms with Crippen molar-refractivity contribution in [3.63, 3.8) is 0 Å². The van der Waals surface area contributed by atoms with Crippen LogP contribution in [-0.4, -0.2) is 23.5 Å². The molecule has 0 saturated heterocycles. The predicted octanol–water partition coefficient (Wildman–Crippen LogP) is 4.34. The Hall–Kier alpha value is -0.370. The van der Waals surface area contributed by atoms with Crippen molar-refractivity contribution in [1.29, 1.82) is 0 Å². The van der Waals surface area contributed by atoms with Crippen LogP contribution in [-0.2, 0) is 6.54 Å². The first-order valence-electron chi connectivity index (χ1n) is 8.54. The Morgan fingerprint density at radius 1 is 1.35 bits per heavy atom. The molecule has 1 fully saturated rings. The fourth-order valence-electron chi connectivity index (χ4n) is 3.06. The second kappa shape index (κ2) is 10.5. The quantitative estimate of drug-likeness (QED) is 0.399. The van der Waals surface area contributed by atoms with Gasteiger partial charge in [0.2, 0.25) is 0 Å². The first-order valence-corrected chi connectivity index (χ1v) is 9.36. The van der Waals surface area contributed by atoms with E-state index >= 15 is 0 Å². The summed E-state index contributed by atoms with van der Waals surface area (Å²) in [6.07, 6.45) is 7.09. The highest BCUT2D eigenvalue weighted by molar-refractivity contribution is 14.0. The number of aryl methyl sites for hydroxylation is 1. The minimum absolute atomic E-state index is 0. The van der Waals surface area contributed by atoms with Gasteiger partial charge in [-0.2, -0.15) is 0 Å². The molecule has 23 heavy (non-hydrogen) atoms. The van der Waals surface area contributed by atoms with Gasteiger partial charge in [-0.15, -0.1) is 35.3 Å². The van der Waals surface area contributed by atoms with E-state index in [2.05, 4.69) is 48.3 Å². The van der Waals surface area contributed by atoms with Gasteiger partial charge in [-0.3, -0.25) is 0 Å². The summed E-state index contributed by atoms with van der Waals surface area (Å²) in [5, 5.41) is 8.05. The molecule has 2 rings (SSSR count). The van der Waals surface area contributed by atoms with Crippen LogP contribution in [0, 0.1) is 18.8 Å². The van der Waals surface area contributed by atoms with Crippen molar-refractivity contribution < 1.29 is 0 Å². The van der Waals surface area contributed by atoms with Crippen molar-refractivity contribution in [3.05, 3.63) is 16.1 Å². The van der Waals surface area contributed by atoms with Crippen LogP contribution in [0.4, 0.5) is 0 Å². The molecule has 0 radical (unpaired) electrons. The molecule has 1 aromatic rings. The van der Waals surface area contributed by atoms with Crippen LogP contribution >= 0.6 is 35.3 Å². The number of thiazole rings is 1. The lowest BCUT2D eigenvalue weighted by Crippen LogP contribution is -2.45. The van der Waals surface area contributed by atoms with E-state index in [-0.39, 0.29) is 24.0 Å². The first kappa shape index (κ1) is 20.7. The zero-order chi connectivity index (χ0) is 15.9. The Morgan fingerprint density at radius 3 is 2.57 bits per heavy atom. The number of halogens is 1. The van der Waals surface area contributed by atoms with Crippen molar-refractivity contribution in [3.8, 4) is 0 Å². The van der Waals surface area contributed by atoms with Gasteiger partial charge in [0, 0.05) is 23.7 Å². The molecule has 0 spiro atoms. The van der Waals surface area contributed by atoms with Gasteiger partial charge in [0.25, 0.3) is 0 Å². The molecular weight excluding hydrogens is 419 g/mol.